The molecule has 1 aromatic carbocycles. The van der Waals surface area contributed by atoms with Crippen LogP contribution in [0, 0.1) is 0 Å². The molecule has 2 N–H and O–H groups in total. The topological polar surface area (TPSA) is 64.2 Å². The highest BCUT2D eigenvalue weighted by Crippen LogP contribution is 2.37. The number of rotatable bonds is 2. The predicted octanol–water partition coefficient (Wildman–Crippen LogP) is 1.95. The summed E-state index contributed by atoms with van der Waals surface area (Å²) in [6.45, 7) is 0. The molecule has 0 spiro atoms. The minimum Gasteiger partial charge on any atom is -0.377 e. The lowest BCUT2D eigenvalue weighted by molar-refractivity contribution is 0.101. The Hall–Kier alpha value is -2.08. The zero-order valence-corrected chi connectivity index (χ0v) is 11.8. The molecule has 0 aliphatic carbocycles. The maximum atomic E-state index is 11.6. The third-order valence-corrected chi connectivity index (χ3v) is 4.28. The van der Waals surface area contributed by atoms with Crippen molar-refractivity contribution in [2.45, 2.75) is 0 Å². The van der Waals surface area contributed by atoms with Crippen molar-refractivity contribution in [3.05, 3.63) is 22.5 Å². The summed E-state index contributed by atoms with van der Waals surface area (Å²) in [5, 5.41) is 9.23. The third kappa shape index (κ3) is 1.60. The van der Waals surface area contributed by atoms with Crippen LogP contribution in [-0.2, 0) is 7.05 Å². The Labute approximate surface area is 114 Å². The van der Waals surface area contributed by atoms with Crippen LogP contribution in [0.1, 0.15) is 9.67 Å². The standard InChI is InChI=1S/C13H14N4OS/c1-16(2)9-4-7-6-19-12(13(14)18)10(7)11-8(9)5-15-17(11)3/h4-6H,1-3H3,(H2,14,18). The van der Waals surface area contributed by atoms with Gasteiger partial charge in [0, 0.05) is 37.6 Å². The van der Waals surface area contributed by atoms with Gasteiger partial charge in [-0.25, -0.2) is 0 Å². The number of benzene rings is 1. The Bertz CT molecular complexity index is 800. The highest BCUT2D eigenvalue weighted by molar-refractivity contribution is 7.14. The van der Waals surface area contributed by atoms with Gasteiger partial charge in [-0.05, 0) is 16.8 Å². The minimum absolute atomic E-state index is 0.389. The number of nitrogens with zero attached hydrogens (tertiary/aromatic N) is 3. The van der Waals surface area contributed by atoms with Crippen molar-refractivity contribution in [3.8, 4) is 0 Å². The zero-order chi connectivity index (χ0) is 13.7. The molecule has 0 unspecified atom stereocenters. The van der Waals surface area contributed by atoms with Crippen LogP contribution < -0.4 is 10.6 Å². The van der Waals surface area contributed by atoms with Gasteiger partial charge in [0.2, 0.25) is 0 Å². The fourth-order valence-electron chi connectivity index (χ4n) is 2.42. The Kier molecular flexibility index (Phi) is 2.50. The van der Waals surface area contributed by atoms with Gasteiger partial charge in [0.05, 0.1) is 11.7 Å². The van der Waals surface area contributed by atoms with Crippen molar-refractivity contribution in [3.63, 3.8) is 0 Å². The van der Waals surface area contributed by atoms with E-state index in [1.807, 2.05) is 37.6 Å². The van der Waals surface area contributed by atoms with Crippen LogP contribution in [0.15, 0.2) is 17.6 Å². The smallest absolute Gasteiger partial charge is 0.259 e. The van der Waals surface area contributed by atoms with Gasteiger partial charge in [-0.3, -0.25) is 9.48 Å². The fraction of sp³-hybridized carbons (Fsp3) is 0.231. The van der Waals surface area contributed by atoms with Gasteiger partial charge in [-0.1, -0.05) is 0 Å². The van der Waals surface area contributed by atoms with Crippen molar-refractivity contribution in [1.82, 2.24) is 9.78 Å². The second-order valence-electron chi connectivity index (χ2n) is 4.71. The van der Waals surface area contributed by atoms with Crippen molar-refractivity contribution in [2.24, 2.45) is 12.8 Å². The van der Waals surface area contributed by atoms with Crippen molar-refractivity contribution >= 4 is 44.6 Å². The van der Waals surface area contributed by atoms with Crippen LogP contribution >= 0.6 is 11.3 Å². The molecule has 0 fully saturated rings. The quantitative estimate of drug-likeness (QED) is 0.777. The number of primary amides is 1. The molecule has 0 aliphatic heterocycles. The van der Waals surface area contributed by atoms with Gasteiger partial charge >= 0.3 is 0 Å². The number of aromatic nitrogens is 2. The van der Waals surface area contributed by atoms with Crippen LogP contribution in [0.4, 0.5) is 5.69 Å². The number of amides is 1. The first-order valence-corrected chi connectivity index (χ1v) is 6.71. The SMILES string of the molecule is CN(C)c1cc2csc(C(N)=O)c2c2c1cnn2C. The molecular formula is C13H14N4OS. The summed E-state index contributed by atoms with van der Waals surface area (Å²) in [6.07, 6.45) is 1.83. The van der Waals surface area contributed by atoms with E-state index in [9.17, 15) is 4.79 Å². The number of hydrogen-bond donors (Lipinski definition) is 1. The lowest BCUT2D eigenvalue weighted by atomic mass is 10.1. The molecule has 2 heterocycles. The zero-order valence-electron chi connectivity index (χ0n) is 11.0. The summed E-state index contributed by atoms with van der Waals surface area (Å²) in [7, 11) is 5.87. The summed E-state index contributed by atoms with van der Waals surface area (Å²) in [5.74, 6) is -0.389. The van der Waals surface area contributed by atoms with Crippen molar-refractivity contribution in [2.75, 3.05) is 19.0 Å². The monoisotopic (exact) mass is 274 g/mol. The normalized spacial score (nSPS) is 11.3. The molecule has 19 heavy (non-hydrogen) atoms. The molecule has 0 saturated heterocycles. The Morgan fingerprint density at radius 2 is 2.21 bits per heavy atom. The van der Waals surface area contributed by atoms with E-state index in [1.165, 1.54) is 11.3 Å². The van der Waals surface area contributed by atoms with Gasteiger partial charge in [-0.15, -0.1) is 11.3 Å². The minimum atomic E-state index is -0.389. The Morgan fingerprint density at radius 1 is 1.47 bits per heavy atom. The lowest BCUT2D eigenvalue weighted by Crippen LogP contribution is -2.11. The molecule has 0 atom stereocenters. The Balaban J connectivity index is 2.56. The van der Waals surface area contributed by atoms with E-state index in [1.54, 1.807) is 4.68 Å². The molecule has 0 aliphatic rings. The van der Waals surface area contributed by atoms with E-state index in [0.717, 1.165) is 27.4 Å². The number of anilines is 1. The molecule has 6 heteroatoms. The molecule has 1 amide bonds. The van der Waals surface area contributed by atoms with Gasteiger partial charge in [0.15, 0.2) is 0 Å². The molecule has 2 aromatic heterocycles. The summed E-state index contributed by atoms with van der Waals surface area (Å²) in [5.41, 5.74) is 7.51. The van der Waals surface area contributed by atoms with E-state index in [4.69, 9.17) is 5.73 Å². The average molecular weight is 274 g/mol. The average Bonchev–Trinajstić information content (AvgIpc) is 2.91. The first kappa shape index (κ1) is 12.0. The van der Waals surface area contributed by atoms with Gasteiger partial charge < -0.3 is 10.6 Å². The van der Waals surface area contributed by atoms with E-state index in [0.29, 0.717) is 4.88 Å². The number of aryl methyl sites for hydroxylation is 1. The molecular weight excluding hydrogens is 260 g/mol. The highest BCUT2D eigenvalue weighted by atomic mass is 32.1. The molecule has 0 radical (unpaired) electrons. The van der Waals surface area contributed by atoms with Crippen LogP contribution in [-0.4, -0.2) is 29.8 Å². The molecule has 98 valence electrons. The summed E-state index contributed by atoms with van der Waals surface area (Å²) in [6, 6.07) is 2.07. The number of carbonyl (C=O) groups excluding carboxylic acids is 1. The van der Waals surface area contributed by atoms with Crippen molar-refractivity contribution in [1.29, 1.82) is 0 Å². The number of thiophene rings is 1. The van der Waals surface area contributed by atoms with Crippen LogP contribution in [0.25, 0.3) is 21.7 Å². The third-order valence-electron chi connectivity index (χ3n) is 3.27. The molecule has 5 nitrogen and oxygen atoms in total. The summed E-state index contributed by atoms with van der Waals surface area (Å²) < 4.78 is 1.80. The van der Waals surface area contributed by atoms with E-state index in [2.05, 4.69) is 11.2 Å². The van der Waals surface area contributed by atoms with E-state index >= 15 is 0 Å². The van der Waals surface area contributed by atoms with Gasteiger partial charge in [0.25, 0.3) is 5.91 Å². The number of carbonyl (C=O) groups is 1. The predicted molar refractivity (Wildman–Crippen MR) is 78.9 cm³/mol. The molecule has 3 rings (SSSR count). The molecule has 3 aromatic rings. The van der Waals surface area contributed by atoms with Crippen LogP contribution in [0.2, 0.25) is 0 Å². The highest BCUT2D eigenvalue weighted by Gasteiger charge is 2.18. The van der Waals surface area contributed by atoms with Crippen LogP contribution in [0.5, 0.6) is 0 Å². The van der Waals surface area contributed by atoms with E-state index < -0.39 is 0 Å². The van der Waals surface area contributed by atoms with E-state index in [-0.39, 0.29) is 5.91 Å². The molecule has 0 saturated carbocycles. The molecule has 0 bridgehead atoms. The van der Waals surface area contributed by atoms with Gasteiger partial charge in [0.1, 0.15) is 4.88 Å². The number of fused-ring (bicyclic) bond motifs is 3. The van der Waals surface area contributed by atoms with Crippen LogP contribution in [0.3, 0.4) is 0 Å². The maximum Gasteiger partial charge on any atom is 0.259 e. The number of nitrogens with two attached hydrogens (primary N) is 1. The lowest BCUT2D eigenvalue weighted by Gasteiger charge is -2.14. The number of hydrogen-bond acceptors (Lipinski definition) is 4. The van der Waals surface area contributed by atoms with Gasteiger partial charge in [-0.2, -0.15) is 5.10 Å². The summed E-state index contributed by atoms with van der Waals surface area (Å²) >= 11 is 1.38. The second-order valence-corrected chi connectivity index (χ2v) is 5.59. The summed E-state index contributed by atoms with van der Waals surface area (Å²) in [4.78, 5) is 14.2. The maximum absolute atomic E-state index is 11.6. The largest absolute Gasteiger partial charge is 0.377 e. The van der Waals surface area contributed by atoms with Crippen molar-refractivity contribution < 1.29 is 4.79 Å². The second kappa shape index (κ2) is 3.96. The Morgan fingerprint density at radius 3 is 2.84 bits per heavy atom. The first-order valence-electron chi connectivity index (χ1n) is 5.83. The first-order chi connectivity index (χ1) is 9.00. The fourth-order valence-corrected chi connectivity index (χ4v) is 3.30.